The van der Waals surface area contributed by atoms with Gasteiger partial charge in [-0.15, -0.1) is 0 Å². The number of rotatable bonds is 2. The molecule has 1 aromatic heterocycles. The van der Waals surface area contributed by atoms with Crippen molar-refractivity contribution in [3.05, 3.63) is 46.1 Å². The maximum atomic E-state index is 11.9. The van der Waals surface area contributed by atoms with Crippen LogP contribution in [0.2, 0.25) is 5.02 Å². The van der Waals surface area contributed by atoms with Crippen LogP contribution in [0.15, 0.2) is 24.4 Å². The first kappa shape index (κ1) is 11.7. The van der Waals surface area contributed by atoms with Crippen molar-refractivity contribution >= 4 is 23.3 Å². The molecule has 0 spiro atoms. The molecule has 5 heteroatoms. The second-order valence-electron chi connectivity index (χ2n) is 3.85. The van der Waals surface area contributed by atoms with Crippen LogP contribution in [0, 0.1) is 13.8 Å². The molecule has 2 N–H and O–H groups in total. The zero-order chi connectivity index (χ0) is 12.4. The van der Waals surface area contributed by atoms with Crippen molar-refractivity contribution in [2.75, 3.05) is 5.32 Å². The Hall–Kier alpha value is -1.81. The number of hydrogen-bond donors (Lipinski definition) is 2. The van der Waals surface area contributed by atoms with Gasteiger partial charge in [-0.1, -0.05) is 17.7 Å². The summed E-state index contributed by atoms with van der Waals surface area (Å²) in [7, 11) is 0. The summed E-state index contributed by atoms with van der Waals surface area (Å²) in [6.45, 7) is 3.75. The van der Waals surface area contributed by atoms with Crippen molar-refractivity contribution in [1.29, 1.82) is 0 Å². The van der Waals surface area contributed by atoms with Gasteiger partial charge in [0, 0.05) is 16.1 Å². The number of amides is 1. The molecule has 0 aliphatic carbocycles. The molecule has 17 heavy (non-hydrogen) atoms. The normalized spacial score (nSPS) is 10.3. The van der Waals surface area contributed by atoms with Crippen molar-refractivity contribution in [2.45, 2.75) is 13.8 Å². The van der Waals surface area contributed by atoms with Crippen LogP contribution in [0.1, 0.15) is 21.5 Å². The minimum atomic E-state index is -0.209. The molecule has 1 aromatic carbocycles. The Morgan fingerprint density at radius 1 is 1.35 bits per heavy atom. The van der Waals surface area contributed by atoms with Crippen LogP contribution in [0.3, 0.4) is 0 Å². The Morgan fingerprint density at radius 3 is 2.71 bits per heavy atom. The second-order valence-corrected chi connectivity index (χ2v) is 4.25. The van der Waals surface area contributed by atoms with E-state index in [-0.39, 0.29) is 5.91 Å². The number of hydrogen-bond acceptors (Lipinski definition) is 2. The van der Waals surface area contributed by atoms with E-state index in [0.29, 0.717) is 16.4 Å². The molecule has 0 aliphatic rings. The number of benzene rings is 1. The van der Waals surface area contributed by atoms with E-state index >= 15 is 0 Å². The number of carbonyl (C=O) groups excluding carboxylic acids is 1. The van der Waals surface area contributed by atoms with Gasteiger partial charge in [0.05, 0.1) is 6.20 Å². The van der Waals surface area contributed by atoms with E-state index in [0.717, 1.165) is 11.1 Å². The Bertz CT molecular complexity index is 563. The van der Waals surface area contributed by atoms with Gasteiger partial charge in [-0.25, -0.2) is 0 Å². The Labute approximate surface area is 104 Å². The number of anilines is 1. The molecule has 0 saturated heterocycles. The summed E-state index contributed by atoms with van der Waals surface area (Å²) in [5, 5.41) is 9.87. The molecule has 1 heterocycles. The summed E-state index contributed by atoms with van der Waals surface area (Å²) in [4.78, 5) is 11.9. The van der Waals surface area contributed by atoms with E-state index < -0.39 is 0 Å². The van der Waals surface area contributed by atoms with Crippen LogP contribution < -0.4 is 5.32 Å². The Morgan fingerprint density at radius 2 is 2.12 bits per heavy atom. The molecule has 1 amide bonds. The molecule has 2 aromatic rings. The van der Waals surface area contributed by atoms with Gasteiger partial charge in [0.1, 0.15) is 5.82 Å². The summed E-state index contributed by atoms with van der Waals surface area (Å²) < 4.78 is 0. The lowest BCUT2D eigenvalue weighted by Crippen LogP contribution is -2.13. The minimum Gasteiger partial charge on any atom is -0.307 e. The standard InChI is InChI=1S/C12H12ClN3O/c1-7-3-4-9(5-10(7)13)12(17)15-11-8(2)6-14-16-11/h3-6H,1-2H3,(H2,14,15,16,17). The summed E-state index contributed by atoms with van der Waals surface area (Å²) in [5.41, 5.74) is 2.35. The molecule has 0 atom stereocenters. The monoisotopic (exact) mass is 249 g/mol. The van der Waals surface area contributed by atoms with E-state index in [1.807, 2.05) is 19.9 Å². The molecule has 88 valence electrons. The lowest BCUT2D eigenvalue weighted by molar-refractivity contribution is 0.102. The summed E-state index contributed by atoms with van der Waals surface area (Å²) in [6, 6.07) is 5.21. The smallest absolute Gasteiger partial charge is 0.256 e. The number of aromatic amines is 1. The molecule has 0 radical (unpaired) electrons. The first-order chi connectivity index (χ1) is 8.08. The Kier molecular flexibility index (Phi) is 3.15. The van der Waals surface area contributed by atoms with E-state index in [1.54, 1.807) is 18.3 Å². The molecule has 4 nitrogen and oxygen atoms in total. The van der Waals surface area contributed by atoms with Crippen molar-refractivity contribution < 1.29 is 4.79 Å². The largest absolute Gasteiger partial charge is 0.307 e. The first-order valence-electron chi connectivity index (χ1n) is 5.15. The number of aryl methyl sites for hydroxylation is 2. The lowest BCUT2D eigenvalue weighted by atomic mass is 10.1. The van der Waals surface area contributed by atoms with Gasteiger partial charge >= 0.3 is 0 Å². The van der Waals surface area contributed by atoms with Gasteiger partial charge in [0.15, 0.2) is 0 Å². The highest BCUT2D eigenvalue weighted by Crippen LogP contribution is 2.18. The van der Waals surface area contributed by atoms with Crippen LogP contribution in [0.5, 0.6) is 0 Å². The molecular weight excluding hydrogens is 238 g/mol. The van der Waals surface area contributed by atoms with Crippen molar-refractivity contribution in [2.24, 2.45) is 0 Å². The highest BCUT2D eigenvalue weighted by atomic mass is 35.5. The summed E-state index contributed by atoms with van der Waals surface area (Å²) in [6.07, 6.45) is 1.65. The van der Waals surface area contributed by atoms with Gasteiger partial charge in [0.2, 0.25) is 0 Å². The zero-order valence-electron chi connectivity index (χ0n) is 9.54. The van der Waals surface area contributed by atoms with Crippen LogP contribution in [0.25, 0.3) is 0 Å². The number of nitrogens with zero attached hydrogens (tertiary/aromatic N) is 1. The summed E-state index contributed by atoms with van der Waals surface area (Å²) >= 11 is 5.97. The van der Waals surface area contributed by atoms with Crippen molar-refractivity contribution in [3.63, 3.8) is 0 Å². The van der Waals surface area contributed by atoms with E-state index in [2.05, 4.69) is 15.5 Å². The fourth-order valence-electron chi connectivity index (χ4n) is 1.39. The number of carbonyl (C=O) groups is 1. The number of nitrogens with one attached hydrogen (secondary N) is 2. The van der Waals surface area contributed by atoms with E-state index in [9.17, 15) is 4.79 Å². The average molecular weight is 250 g/mol. The maximum absolute atomic E-state index is 11.9. The number of halogens is 1. The average Bonchev–Trinajstić information content (AvgIpc) is 2.68. The molecule has 2 rings (SSSR count). The Balaban J connectivity index is 2.20. The molecule has 0 unspecified atom stereocenters. The SMILES string of the molecule is Cc1ccc(C(=O)Nc2[nH]ncc2C)cc1Cl. The van der Waals surface area contributed by atoms with E-state index in [1.165, 1.54) is 0 Å². The number of aromatic nitrogens is 2. The van der Waals surface area contributed by atoms with Gasteiger partial charge < -0.3 is 5.32 Å². The molecular formula is C12H12ClN3O. The van der Waals surface area contributed by atoms with Gasteiger partial charge in [-0.2, -0.15) is 5.10 Å². The fraction of sp³-hybridized carbons (Fsp3) is 0.167. The third-order valence-corrected chi connectivity index (χ3v) is 2.91. The molecule has 0 bridgehead atoms. The highest BCUT2D eigenvalue weighted by molar-refractivity contribution is 6.31. The zero-order valence-corrected chi connectivity index (χ0v) is 10.3. The van der Waals surface area contributed by atoms with Gasteiger partial charge in [-0.3, -0.25) is 9.89 Å². The predicted molar refractivity (Wildman–Crippen MR) is 67.5 cm³/mol. The van der Waals surface area contributed by atoms with E-state index in [4.69, 9.17) is 11.6 Å². The van der Waals surface area contributed by atoms with Gasteiger partial charge in [0.25, 0.3) is 5.91 Å². The maximum Gasteiger partial charge on any atom is 0.256 e. The molecule has 0 saturated carbocycles. The lowest BCUT2D eigenvalue weighted by Gasteiger charge is -2.05. The number of H-pyrrole nitrogens is 1. The fourth-order valence-corrected chi connectivity index (χ4v) is 1.57. The highest BCUT2D eigenvalue weighted by Gasteiger charge is 2.09. The third kappa shape index (κ3) is 2.47. The molecule has 0 aliphatic heterocycles. The van der Waals surface area contributed by atoms with Gasteiger partial charge in [-0.05, 0) is 31.5 Å². The van der Waals surface area contributed by atoms with Crippen molar-refractivity contribution in [1.82, 2.24) is 10.2 Å². The summed E-state index contributed by atoms with van der Waals surface area (Å²) in [5.74, 6) is 0.394. The third-order valence-electron chi connectivity index (χ3n) is 2.50. The van der Waals surface area contributed by atoms with Crippen LogP contribution in [0.4, 0.5) is 5.82 Å². The van der Waals surface area contributed by atoms with Crippen LogP contribution in [-0.2, 0) is 0 Å². The van der Waals surface area contributed by atoms with Crippen LogP contribution in [-0.4, -0.2) is 16.1 Å². The van der Waals surface area contributed by atoms with Crippen LogP contribution >= 0.6 is 11.6 Å². The second kappa shape index (κ2) is 4.59. The minimum absolute atomic E-state index is 0.209. The topological polar surface area (TPSA) is 57.8 Å². The molecule has 0 fully saturated rings. The quantitative estimate of drug-likeness (QED) is 0.860. The first-order valence-corrected chi connectivity index (χ1v) is 5.53. The predicted octanol–water partition coefficient (Wildman–Crippen LogP) is 2.93. The van der Waals surface area contributed by atoms with Crippen molar-refractivity contribution in [3.8, 4) is 0 Å².